The number of likely N-dealkylation sites (N-methyl/N-ethyl adjacent to an activating group) is 1. The molecule has 1 aliphatic carbocycles. The lowest BCUT2D eigenvalue weighted by molar-refractivity contribution is -0.101. The van der Waals surface area contributed by atoms with E-state index in [1.165, 1.54) is 0 Å². The van der Waals surface area contributed by atoms with Crippen molar-refractivity contribution in [1.29, 1.82) is 0 Å². The Bertz CT molecular complexity index is 934. The molecule has 33 heavy (non-hydrogen) atoms. The second kappa shape index (κ2) is 9.39. The van der Waals surface area contributed by atoms with Crippen molar-refractivity contribution >= 4 is 6.09 Å². The zero-order chi connectivity index (χ0) is 23.6. The van der Waals surface area contributed by atoms with E-state index in [-0.39, 0.29) is 37.6 Å². The standard InChI is InChI=1S/C26H33F2N3O2/c1-19(29)21-8-10-22(11-9-21)25(12-14-26(27,28)15-13-25)30(2)23-16-31(17-23)24(32)33-18-20-6-4-3-5-7-20/h3-11,19,23H,12-18,29H2,1-2H3/t19-/m0/s1. The van der Waals surface area contributed by atoms with Gasteiger partial charge in [-0.1, -0.05) is 54.6 Å². The molecule has 0 bridgehead atoms. The lowest BCUT2D eigenvalue weighted by Gasteiger charge is -2.54. The van der Waals surface area contributed by atoms with Gasteiger partial charge in [-0.05, 0) is 43.5 Å². The topological polar surface area (TPSA) is 58.8 Å². The molecule has 0 radical (unpaired) electrons. The van der Waals surface area contributed by atoms with Crippen LogP contribution in [0.2, 0.25) is 0 Å². The van der Waals surface area contributed by atoms with Gasteiger partial charge in [0, 0.05) is 43.6 Å². The molecule has 178 valence electrons. The van der Waals surface area contributed by atoms with Crippen LogP contribution in [0.4, 0.5) is 13.6 Å². The van der Waals surface area contributed by atoms with Crippen molar-refractivity contribution < 1.29 is 18.3 Å². The van der Waals surface area contributed by atoms with Crippen LogP contribution in [-0.4, -0.2) is 48.0 Å². The maximum Gasteiger partial charge on any atom is 0.410 e. The molecule has 1 amide bonds. The Hall–Kier alpha value is -2.51. The molecule has 2 aromatic carbocycles. The van der Waals surface area contributed by atoms with E-state index in [1.54, 1.807) is 4.90 Å². The largest absolute Gasteiger partial charge is 0.445 e. The highest BCUT2D eigenvalue weighted by molar-refractivity contribution is 5.69. The first kappa shape index (κ1) is 23.6. The SMILES string of the molecule is C[C@H](N)c1ccc(C2(N(C)C3CN(C(=O)OCc4ccccc4)C3)CCC(F)(F)CC2)cc1. The third-order valence-electron chi connectivity index (χ3n) is 7.33. The average molecular weight is 458 g/mol. The first-order chi connectivity index (χ1) is 15.7. The van der Waals surface area contributed by atoms with Crippen molar-refractivity contribution in [3.8, 4) is 0 Å². The number of likely N-dealkylation sites (tertiary alicyclic amines) is 1. The molecule has 1 atom stereocenters. The van der Waals surface area contributed by atoms with Gasteiger partial charge in [0.05, 0.1) is 0 Å². The molecule has 1 saturated heterocycles. The molecular formula is C26H33F2N3O2. The van der Waals surface area contributed by atoms with Crippen molar-refractivity contribution in [1.82, 2.24) is 9.80 Å². The van der Waals surface area contributed by atoms with Crippen LogP contribution in [0.25, 0.3) is 0 Å². The maximum atomic E-state index is 14.1. The number of nitrogens with zero attached hydrogens (tertiary/aromatic N) is 2. The lowest BCUT2D eigenvalue weighted by atomic mass is 9.73. The molecular weight excluding hydrogens is 424 g/mol. The van der Waals surface area contributed by atoms with E-state index in [1.807, 2.05) is 68.6 Å². The Kier molecular flexibility index (Phi) is 6.73. The molecule has 0 spiro atoms. The second-order valence-corrected chi connectivity index (χ2v) is 9.51. The number of carbonyl (C=O) groups excluding carboxylic acids is 1. The number of nitrogens with two attached hydrogens (primary N) is 1. The number of carbonyl (C=O) groups is 1. The molecule has 5 nitrogen and oxygen atoms in total. The van der Waals surface area contributed by atoms with Gasteiger partial charge in [0.15, 0.2) is 0 Å². The first-order valence-electron chi connectivity index (χ1n) is 11.6. The Labute approximate surface area is 194 Å². The number of amides is 1. The van der Waals surface area contributed by atoms with Crippen molar-refractivity contribution in [3.63, 3.8) is 0 Å². The van der Waals surface area contributed by atoms with Crippen LogP contribution in [-0.2, 0) is 16.9 Å². The number of halogens is 2. The fraction of sp³-hybridized carbons (Fsp3) is 0.500. The molecule has 7 heteroatoms. The van der Waals surface area contributed by atoms with Gasteiger partial charge in [-0.3, -0.25) is 4.90 Å². The summed E-state index contributed by atoms with van der Waals surface area (Å²) in [7, 11) is 2.00. The summed E-state index contributed by atoms with van der Waals surface area (Å²) in [6, 6.07) is 17.6. The highest BCUT2D eigenvalue weighted by Crippen LogP contribution is 2.48. The lowest BCUT2D eigenvalue weighted by Crippen LogP contribution is -2.65. The van der Waals surface area contributed by atoms with E-state index in [2.05, 4.69) is 4.90 Å². The summed E-state index contributed by atoms with van der Waals surface area (Å²) >= 11 is 0. The zero-order valence-electron chi connectivity index (χ0n) is 19.3. The molecule has 0 unspecified atom stereocenters. The van der Waals surface area contributed by atoms with E-state index < -0.39 is 11.5 Å². The third kappa shape index (κ3) is 5.04. The number of hydrogen-bond acceptors (Lipinski definition) is 4. The Morgan fingerprint density at radius 3 is 2.27 bits per heavy atom. The van der Waals surface area contributed by atoms with Gasteiger partial charge in [-0.2, -0.15) is 0 Å². The highest BCUT2D eigenvalue weighted by atomic mass is 19.3. The number of rotatable bonds is 6. The van der Waals surface area contributed by atoms with Gasteiger partial charge >= 0.3 is 6.09 Å². The molecule has 1 aliphatic heterocycles. The normalized spacial score (nSPS) is 20.8. The number of benzene rings is 2. The van der Waals surface area contributed by atoms with Crippen LogP contribution in [0.3, 0.4) is 0 Å². The molecule has 2 aromatic rings. The molecule has 2 fully saturated rings. The summed E-state index contributed by atoms with van der Waals surface area (Å²) in [6.45, 7) is 3.22. The summed E-state index contributed by atoms with van der Waals surface area (Å²) in [4.78, 5) is 16.3. The molecule has 1 saturated carbocycles. The summed E-state index contributed by atoms with van der Waals surface area (Å²) in [5.41, 5.74) is 8.51. The molecule has 2 aliphatic rings. The highest BCUT2D eigenvalue weighted by Gasteiger charge is 2.50. The van der Waals surface area contributed by atoms with Crippen LogP contribution < -0.4 is 5.73 Å². The summed E-state index contributed by atoms with van der Waals surface area (Å²) in [6.07, 6.45) is 0.143. The predicted molar refractivity (Wildman–Crippen MR) is 124 cm³/mol. The number of alkyl halides is 2. The predicted octanol–water partition coefficient (Wildman–Crippen LogP) is 5.06. The molecule has 1 heterocycles. The summed E-state index contributed by atoms with van der Waals surface area (Å²) in [5.74, 6) is -2.62. The molecule has 4 rings (SSSR count). The van der Waals surface area contributed by atoms with Gasteiger partial charge in [0.25, 0.3) is 0 Å². The molecule has 2 N–H and O–H groups in total. The van der Waals surface area contributed by atoms with Gasteiger partial charge in [-0.25, -0.2) is 13.6 Å². The quantitative estimate of drug-likeness (QED) is 0.659. The number of hydrogen-bond donors (Lipinski definition) is 1. The maximum absolute atomic E-state index is 14.1. The van der Waals surface area contributed by atoms with Crippen molar-refractivity contribution in [2.24, 2.45) is 5.73 Å². The second-order valence-electron chi connectivity index (χ2n) is 9.51. The summed E-state index contributed by atoms with van der Waals surface area (Å²) in [5, 5.41) is 0. The van der Waals surface area contributed by atoms with Crippen LogP contribution in [0.15, 0.2) is 54.6 Å². The Morgan fingerprint density at radius 2 is 1.70 bits per heavy atom. The smallest absolute Gasteiger partial charge is 0.410 e. The van der Waals surface area contributed by atoms with E-state index >= 15 is 0 Å². The van der Waals surface area contributed by atoms with Crippen molar-refractivity contribution in [2.75, 3.05) is 20.1 Å². The summed E-state index contributed by atoms with van der Waals surface area (Å²) < 4.78 is 33.6. The Balaban J connectivity index is 1.43. The minimum absolute atomic E-state index is 0.0782. The van der Waals surface area contributed by atoms with E-state index in [0.29, 0.717) is 25.9 Å². The number of ether oxygens (including phenoxy) is 1. The Morgan fingerprint density at radius 1 is 1.09 bits per heavy atom. The minimum atomic E-state index is -2.62. The zero-order valence-corrected chi connectivity index (χ0v) is 19.3. The van der Waals surface area contributed by atoms with E-state index in [0.717, 1.165) is 16.7 Å². The van der Waals surface area contributed by atoms with Gasteiger partial charge in [-0.15, -0.1) is 0 Å². The van der Waals surface area contributed by atoms with E-state index in [4.69, 9.17) is 10.5 Å². The fourth-order valence-electron chi connectivity index (χ4n) is 4.98. The van der Waals surface area contributed by atoms with Crippen molar-refractivity contribution in [2.45, 2.75) is 62.8 Å². The van der Waals surface area contributed by atoms with Crippen LogP contribution in [0.5, 0.6) is 0 Å². The first-order valence-corrected chi connectivity index (χ1v) is 11.6. The fourth-order valence-corrected chi connectivity index (χ4v) is 4.98. The van der Waals surface area contributed by atoms with Gasteiger partial charge in [0.1, 0.15) is 6.61 Å². The van der Waals surface area contributed by atoms with E-state index in [9.17, 15) is 13.6 Å². The van der Waals surface area contributed by atoms with Gasteiger partial charge < -0.3 is 15.4 Å². The average Bonchev–Trinajstić information content (AvgIpc) is 2.78. The monoisotopic (exact) mass is 457 g/mol. The van der Waals surface area contributed by atoms with Crippen LogP contribution in [0.1, 0.15) is 55.3 Å². The van der Waals surface area contributed by atoms with Gasteiger partial charge in [0.2, 0.25) is 5.92 Å². The van der Waals surface area contributed by atoms with Crippen LogP contribution >= 0.6 is 0 Å². The third-order valence-corrected chi connectivity index (χ3v) is 7.33. The molecule has 0 aromatic heterocycles. The van der Waals surface area contributed by atoms with Crippen molar-refractivity contribution in [3.05, 3.63) is 71.3 Å². The van der Waals surface area contributed by atoms with Crippen LogP contribution in [0, 0.1) is 0 Å². The minimum Gasteiger partial charge on any atom is -0.445 e.